The average molecular weight is 370 g/mol. The number of nitrogens with zero attached hydrogens (tertiary/aromatic N) is 1. The first kappa shape index (κ1) is 20.6. The first-order valence-electron chi connectivity index (χ1n) is 7.60. The van der Waals surface area contributed by atoms with Crippen LogP contribution in [0.2, 0.25) is 0 Å². The zero-order valence-corrected chi connectivity index (χ0v) is 15.7. The number of nitrogens with two attached hydrogens (primary N) is 1. The van der Waals surface area contributed by atoms with Crippen molar-refractivity contribution in [3.63, 3.8) is 0 Å². The SMILES string of the molecule is COC(CN)CC(=O)NC(C)c1sc(-c2ccccc2)nc1C.Cl. The number of rotatable bonds is 7. The van der Waals surface area contributed by atoms with E-state index in [1.54, 1.807) is 18.4 Å². The Balaban J connectivity index is 0.00000288. The van der Waals surface area contributed by atoms with Crippen molar-refractivity contribution in [2.24, 2.45) is 5.73 Å². The number of benzene rings is 1. The smallest absolute Gasteiger partial charge is 0.223 e. The normalized spacial score (nSPS) is 13.0. The Morgan fingerprint density at radius 2 is 2.04 bits per heavy atom. The van der Waals surface area contributed by atoms with E-state index in [-0.39, 0.29) is 36.9 Å². The minimum atomic E-state index is -0.246. The second-order valence-corrected chi connectivity index (χ2v) is 6.45. The molecule has 2 atom stereocenters. The lowest BCUT2D eigenvalue weighted by molar-refractivity contribution is -0.124. The second-order valence-electron chi connectivity index (χ2n) is 5.42. The summed E-state index contributed by atoms with van der Waals surface area (Å²) in [7, 11) is 1.56. The molecule has 2 rings (SSSR count). The van der Waals surface area contributed by atoms with Crippen molar-refractivity contribution in [1.29, 1.82) is 0 Å². The number of aromatic nitrogens is 1. The number of thiazole rings is 1. The Hall–Kier alpha value is -1.47. The Morgan fingerprint density at radius 1 is 1.38 bits per heavy atom. The van der Waals surface area contributed by atoms with E-state index in [9.17, 15) is 4.79 Å². The number of aryl methyl sites for hydroxylation is 1. The fraction of sp³-hybridized carbons (Fsp3) is 0.412. The van der Waals surface area contributed by atoms with Crippen molar-refractivity contribution in [2.45, 2.75) is 32.4 Å². The average Bonchev–Trinajstić information content (AvgIpc) is 2.95. The summed E-state index contributed by atoms with van der Waals surface area (Å²) >= 11 is 1.61. The molecular weight excluding hydrogens is 346 g/mol. The highest BCUT2D eigenvalue weighted by Crippen LogP contribution is 2.31. The zero-order chi connectivity index (χ0) is 16.8. The number of ether oxygens (including phenoxy) is 1. The van der Waals surface area contributed by atoms with Crippen LogP contribution in [-0.4, -0.2) is 30.6 Å². The first-order chi connectivity index (χ1) is 11.0. The van der Waals surface area contributed by atoms with Gasteiger partial charge in [0.05, 0.1) is 29.1 Å². The molecule has 0 spiro atoms. The van der Waals surface area contributed by atoms with E-state index in [1.807, 2.05) is 44.2 Å². The van der Waals surface area contributed by atoms with Crippen LogP contribution in [0.25, 0.3) is 10.6 Å². The molecule has 24 heavy (non-hydrogen) atoms. The Kier molecular flexibility index (Phi) is 8.35. The number of hydrogen-bond donors (Lipinski definition) is 2. The van der Waals surface area contributed by atoms with E-state index in [0.29, 0.717) is 6.54 Å². The van der Waals surface area contributed by atoms with E-state index < -0.39 is 0 Å². The predicted molar refractivity (Wildman–Crippen MR) is 101 cm³/mol. The van der Waals surface area contributed by atoms with Gasteiger partial charge in [0.2, 0.25) is 5.91 Å². The van der Waals surface area contributed by atoms with Crippen LogP contribution in [0, 0.1) is 6.92 Å². The molecule has 2 unspecified atom stereocenters. The van der Waals surface area contributed by atoms with Gasteiger partial charge in [0.25, 0.3) is 0 Å². The standard InChI is InChI=1S/C17H23N3O2S.ClH/c1-11(19-15(21)9-14(10-18)22-3)16-12(2)20-17(23-16)13-7-5-4-6-8-13;/h4-8,11,14H,9-10,18H2,1-3H3,(H,19,21);1H. The van der Waals surface area contributed by atoms with Crippen molar-refractivity contribution in [1.82, 2.24) is 10.3 Å². The number of nitrogens with one attached hydrogen (secondary N) is 1. The maximum absolute atomic E-state index is 12.1. The van der Waals surface area contributed by atoms with Gasteiger partial charge in [-0.1, -0.05) is 30.3 Å². The van der Waals surface area contributed by atoms with Crippen molar-refractivity contribution in [3.8, 4) is 10.6 Å². The van der Waals surface area contributed by atoms with Crippen LogP contribution in [0.1, 0.15) is 30.0 Å². The van der Waals surface area contributed by atoms with E-state index in [1.165, 1.54) is 0 Å². The van der Waals surface area contributed by atoms with Gasteiger partial charge in [0.1, 0.15) is 5.01 Å². The number of methoxy groups -OCH3 is 1. The lowest BCUT2D eigenvalue weighted by Crippen LogP contribution is -2.33. The molecule has 5 nitrogen and oxygen atoms in total. The molecule has 0 aliphatic carbocycles. The van der Waals surface area contributed by atoms with Crippen molar-refractivity contribution >= 4 is 29.7 Å². The van der Waals surface area contributed by atoms with Gasteiger partial charge in [-0.3, -0.25) is 4.79 Å². The van der Waals surface area contributed by atoms with E-state index >= 15 is 0 Å². The fourth-order valence-electron chi connectivity index (χ4n) is 2.35. The number of carbonyl (C=O) groups excluding carboxylic acids is 1. The molecule has 1 aromatic heterocycles. The molecule has 0 saturated carbocycles. The molecule has 7 heteroatoms. The lowest BCUT2D eigenvalue weighted by Gasteiger charge is -2.16. The highest BCUT2D eigenvalue weighted by Gasteiger charge is 2.19. The number of carbonyl (C=O) groups is 1. The molecule has 0 aliphatic rings. The summed E-state index contributed by atoms with van der Waals surface area (Å²) in [5.41, 5.74) is 7.59. The highest BCUT2D eigenvalue weighted by atomic mass is 35.5. The van der Waals surface area contributed by atoms with Crippen LogP contribution in [0.5, 0.6) is 0 Å². The molecule has 3 N–H and O–H groups in total. The molecule has 0 aliphatic heterocycles. The first-order valence-corrected chi connectivity index (χ1v) is 8.41. The van der Waals surface area contributed by atoms with Crippen LogP contribution >= 0.6 is 23.7 Å². The quantitative estimate of drug-likeness (QED) is 0.786. The van der Waals surface area contributed by atoms with Gasteiger partial charge >= 0.3 is 0 Å². The van der Waals surface area contributed by atoms with Crippen molar-refractivity contribution in [3.05, 3.63) is 40.9 Å². The van der Waals surface area contributed by atoms with Gasteiger partial charge in [-0.2, -0.15) is 0 Å². The summed E-state index contributed by atoms with van der Waals surface area (Å²) in [5.74, 6) is -0.0659. The Labute approximate surface area is 153 Å². The van der Waals surface area contributed by atoms with Crippen LogP contribution < -0.4 is 11.1 Å². The van der Waals surface area contributed by atoms with Gasteiger partial charge in [0.15, 0.2) is 0 Å². The van der Waals surface area contributed by atoms with Crippen LogP contribution in [0.15, 0.2) is 30.3 Å². The molecule has 1 amide bonds. The predicted octanol–water partition coefficient (Wildman–Crippen LogP) is 3.08. The summed E-state index contributed by atoms with van der Waals surface area (Å²) < 4.78 is 5.15. The number of halogens is 1. The van der Waals surface area contributed by atoms with Gasteiger partial charge in [-0.25, -0.2) is 4.98 Å². The molecule has 1 heterocycles. The van der Waals surface area contributed by atoms with Crippen LogP contribution in [0.3, 0.4) is 0 Å². The molecule has 2 aromatic rings. The third-order valence-corrected chi connectivity index (χ3v) is 5.02. The van der Waals surface area contributed by atoms with Gasteiger partial charge in [0, 0.05) is 19.2 Å². The van der Waals surface area contributed by atoms with E-state index in [2.05, 4.69) is 10.3 Å². The lowest BCUT2D eigenvalue weighted by atomic mass is 10.2. The molecule has 0 saturated heterocycles. The highest BCUT2D eigenvalue weighted by molar-refractivity contribution is 7.15. The Morgan fingerprint density at radius 3 is 2.62 bits per heavy atom. The number of amides is 1. The molecular formula is C17H24ClN3O2S. The summed E-state index contributed by atoms with van der Waals surface area (Å²) in [4.78, 5) is 17.8. The van der Waals surface area contributed by atoms with Gasteiger partial charge in [-0.15, -0.1) is 23.7 Å². The summed E-state index contributed by atoms with van der Waals surface area (Å²) in [5, 5.41) is 3.97. The van der Waals surface area contributed by atoms with E-state index in [0.717, 1.165) is 21.1 Å². The molecule has 1 aromatic carbocycles. The minimum absolute atomic E-state index is 0. The van der Waals surface area contributed by atoms with Gasteiger partial charge in [-0.05, 0) is 13.8 Å². The van der Waals surface area contributed by atoms with Crippen molar-refractivity contribution < 1.29 is 9.53 Å². The van der Waals surface area contributed by atoms with Crippen LogP contribution in [-0.2, 0) is 9.53 Å². The summed E-state index contributed by atoms with van der Waals surface area (Å²) in [6, 6.07) is 9.96. The van der Waals surface area contributed by atoms with E-state index in [4.69, 9.17) is 10.5 Å². The molecule has 132 valence electrons. The second kappa shape index (κ2) is 9.74. The van der Waals surface area contributed by atoms with Crippen molar-refractivity contribution in [2.75, 3.05) is 13.7 Å². The zero-order valence-electron chi connectivity index (χ0n) is 14.1. The summed E-state index contributed by atoms with van der Waals surface area (Å²) in [6.07, 6.45) is 0.0189. The molecule has 0 bridgehead atoms. The largest absolute Gasteiger partial charge is 0.380 e. The van der Waals surface area contributed by atoms with Crippen LogP contribution in [0.4, 0.5) is 0 Å². The monoisotopic (exact) mass is 369 g/mol. The third-order valence-electron chi connectivity index (χ3n) is 3.63. The Bertz CT molecular complexity index is 645. The fourth-order valence-corrected chi connectivity index (χ4v) is 3.42. The maximum Gasteiger partial charge on any atom is 0.223 e. The summed E-state index contributed by atoms with van der Waals surface area (Å²) in [6.45, 7) is 4.27. The number of hydrogen-bond acceptors (Lipinski definition) is 5. The maximum atomic E-state index is 12.1. The topological polar surface area (TPSA) is 77.2 Å². The third kappa shape index (κ3) is 5.27. The molecule has 0 fully saturated rings. The molecule has 0 radical (unpaired) electrons. The van der Waals surface area contributed by atoms with Gasteiger partial charge < -0.3 is 15.8 Å². The minimum Gasteiger partial charge on any atom is -0.380 e.